The van der Waals surface area contributed by atoms with Crippen molar-refractivity contribution in [3.8, 4) is 11.3 Å². The molecule has 1 aliphatic heterocycles. The minimum absolute atomic E-state index is 0. The number of likely N-dealkylation sites (tertiary alicyclic amines) is 1. The van der Waals surface area contributed by atoms with Gasteiger partial charge in [0.25, 0.3) is 0 Å². The summed E-state index contributed by atoms with van der Waals surface area (Å²) >= 11 is 0. The van der Waals surface area contributed by atoms with Gasteiger partial charge in [-0.2, -0.15) is 0 Å². The second-order valence-corrected chi connectivity index (χ2v) is 6.94. The van der Waals surface area contributed by atoms with Crippen LogP contribution in [-0.2, 0) is 6.54 Å². The normalized spacial score (nSPS) is 15.0. The van der Waals surface area contributed by atoms with E-state index in [1.165, 1.54) is 37.9 Å². The van der Waals surface area contributed by atoms with Crippen LogP contribution in [0.15, 0.2) is 53.7 Å². The number of halogens is 1. The molecule has 2 heterocycles. The molecule has 0 aliphatic carbocycles. The van der Waals surface area contributed by atoms with Crippen LogP contribution in [0.5, 0.6) is 0 Å². The minimum atomic E-state index is 0. The van der Waals surface area contributed by atoms with E-state index >= 15 is 0 Å². The van der Waals surface area contributed by atoms with Crippen LogP contribution in [0.4, 0.5) is 0 Å². The van der Waals surface area contributed by atoms with E-state index in [4.69, 9.17) is 4.99 Å². The highest BCUT2D eigenvalue weighted by Gasteiger charge is 2.09. The van der Waals surface area contributed by atoms with Crippen LogP contribution in [0.2, 0.25) is 0 Å². The highest BCUT2D eigenvalue weighted by atomic mass is 127. The first-order valence-electron chi connectivity index (χ1n) is 10.1. The molecule has 2 aromatic rings. The van der Waals surface area contributed by atoms with Crippen molar-refractivity contribution in [3.63, 3.8) is 0 Å². The molecule has 1 saturated heterocycles. The molecule has 152 valence electrons. The summed E-state index contributed by atoms with van der Waals surface area (Å²) in [7, 11) is 0. The van der Waals surface area contributed by atoms with E-state index in [9.17, 15) is 0 Å². The molecule has 0 atom stereocenters. The fraction of sp³-hybridized carbons (Fsp3) is 0.455. The van der Waals surface area contributed by atoms with E-state index in [1.54, 1.807) is 0 Å². The van der Waals surface area contributed by atoms with Gasteiger partial charge in [0, 0.05) is 31.4 Å². The Morgan fingerprint density at radius 1 is 1.07 bits per heavy atom. The van der Waals surface area contributed by atoms with Crippen LogP contribution in [0.25, 0.3) is 11.3 Å². The van der Waals surface area contributed by atoms with Crippen molar-refractivity contribution in [1.82, 2.24) is 20.5 Å². The third-order valence-corrected chi connectivity index (χ3v) is 4.82. The number of pyridine rings is 1. The first kappa shape index (κ1) is 22.6. The van der Waals surface area contributed by atoms with Crippen molar-refractivity contribution in [1.29, 1.82) is 0 Å². The maximum absolute atomic E-state index is 4.76. The number of aromatic nitrogens is 1. The maximum atomic E-state index is 4.76. The molecular weight excluding hydrogens is 461 g/mol. The lowest BCUT2D eigenvalue weighted by molar-refractivity contribution is 0.232. The predicted molar refractivity (Wildman–Crippen MR) is 128 cm³/mol. The number of hydrogen-bond donors (Lipinski definition) is 2. The molecule has 6 heteroatoms. The fourth-order valence-corrected chi connectivity index (χ4v) is 3.39. The van der Waals surface area contributed by atoms with Gasteiger partial charge < -0.3 is 15.5 Å². The molecule has 2 N–H and O–H groups in total. The second-order valence-electron chi connectivity index (χ2n) is 6.94. The zero-order valence-electron chi connectivity index (χ0n) is 16.7. The molecule has 1 fully saturated rings. The Morgan fingerprint density at radius 3 is 2.68 bits per heavy atom. The molecule has 1 aliphatic rings. The Kier molecular flexibility index (Phi) is 10.3. The van der Waals surface area contributed by atoms with Crippen LogP contribution in [0.1, 0.15) is 31.7 Å². The van der Waals surface area contributed by atoms with Crippen molar-refractivity contribution in [2.45, 2.75) is 32.7 Å². The number of aliphatic imine (C=N–C) groups is 1. The largest absolute Gasteiger partial charge is 0.357 e. The SMILES string of the molecule is CCNC(=NCc1cccc(-c2ccccn2)c1)NCCN1CCCCC1.I. The average Bonchev–Trinajstić information content (AvgIpc) is 2.74. The molecule has 0 radical (unpaired) electrons. The Labute approximate surface area is 186 Å². The molecule has 0 spiro atoms. The molecule has 3 rings (SSSR count). The van der Waals surface area contributed by atoms with Gasteiger partial charge in [0.05, 0.1) is 12.2 Å². The lowest BCUT2D eigenvalue weighted by Crippen LogP contribution is -2.42. The Morgan fingerprint density at radius 2 is 1.93 bits per heavy atom. The van der Waals surface area contributed by atoms with Gasteiger partial charge in [-0.25, -0.2) is 4.99 Å². The van der Waals surface area contributed by atoms with E-state index in [0.717, 1.165) is 36.9 Å². The topological polar surface area (TPSA) is 52.6 Å². The number of nitrogens with zero attached hydrogens (tertiary/aromatic N) is 3. The third kappa shape index (κ3) is 7.39. The van der Waals surface area contributed by atoms with Crippen molar-refractivity contribution in [2.75, 3.05) is 32.7 Å². The van der Waals surface area contributed by atoms with Crippen LogP contribution in [-0.4, -0.2) is 48.6 Å². The maximum Gasteiger partial charge on any atom is 0.191 e. The molecule has 0 bridgehead atoms. The molecule has 0 saturated carbocycles. The van der Waals surface area contributed by atoms with E-state index in [0.29, 0.717) is 6.54 Å². The van der Waals surface area contributed by atoms with E-state index in [1.807, 2.05) is 24.4 Å². The van der Waals surface area contributed by atoms with Gasteiger partial charge in [0.15, 0.2) is 5.96 Å². The molecule has 0 unspecified atom stereocenters. The molecule has 5 nitrogen and oxygen atoms in total. The van der Waals surface area contributed by atoms with Gasteiger partial charge in [-0.3, -0.25) is 4.98 Å². The van der Waals surface area contributed by atoms with Crippen LogP contribution < -0.4 is 10.6 Å². The monoisotopic (exact) mass is 493 g/mol. The molecule has 28 heavy (non-hydrogen) atoms. The lowest BCUT2D eigenvalue weighted by atomic mass is 10.1. The molecule has 0 amide bonds. The minimum Gasteiger partial charge on any atom is -0.357 e. The first-order chi connectivity index (χ1) is 13.3. The number of rotatable bonds is 7. The summed E-state index contributed by atoms with van der Waals surface area (Å²) in [5, 5.41) is 6.81. The highest BCUT2D eigenvalue weighted by Crippen LogP contribution is 2.18. The summed E-state index contributed by atoms with van der Waals surface area (Å²) in [6.07, 6.45) is 5.88. The lowest BCUT2D eigenvalue weighted by Gasteiger charge is -2.26. The van der Waals surface area contributed by atoms with Gasteiger partial charge in [-0.05, 0) is 56.6 Å². The van der Waals surface area contributed by atoms with Crippen LogP contribution in [0, 0.1) is 0 Å². The second kappa shape index (κ2) is 12.7. The van der Waals surface area contributed by atoms with Gasteiger partial charge in [-0.15, -0.1) is 24.0 Å². The summed E-state index contributed by atoms with van der Waals surface area (Å²) in [5.41, 5.74) is 3.31. The molecule has 1 aromatic carbocycles. The predicted octanol–water partition coefficient (Wildman–Crippen LogP) is 3.91. The summed E-state index contributed by atoms with van der Waals surface area (Å²) in [5.74, 6) is 0.887. The zero-order chi connectivity index (χ0) is 18.7. The van der Waals surface area contributed by atoms with Crippen molar-refractivity contribution >= 4 is 29.9 Å². The van der Waals surface area contributed by atoms with Crippen LogP contribution >= 0.6 is 24.0 Å². The molecular formula is C22H32IN5. The summed E-state index contributed by atoms with van der Waals surface area (Å²) < 4.78 is 0. The summed E-state index contributed by atoms with van der Waals surface area (Å²) in [4.78, 5) is 11.7. The van der Waals surface area contributed by atoms with Gasteiger partial charge in [0.1, 0.15) is 0 Å². The average molecular weight is 493 g/mol. The van der Waals surface area contributed by atoms with Crippen molar-refractivity contribution in [2.24, 2.45) is 4.99 Å². The summed E-state index contributed by atoms with van der Waals surface area (Å²) in [6.45, 7) is 8.09. The Hall–Kier alpha value is -1.67. The van der Waals surface area contributed by atoms with Crippen molar-refractivity contribution in [3.05, 3.63) is 54.2 Å². The molecule has 1 aromatic heterocycles. The highest BCUT2D eigenvalue weighted by molar-refractivity contribution is 14.0. The van der Waals surface area contributed by atoms with Gasteiger partial charge >= 0.3 is 0 Å². The number of piperidine rings is 1. The number of benzene rings is 1. The number of guanidine groups is 1. The quantitative estimate of drug-likeness (QED) is 0.349. The number of hydrogen-bond acceptors (Lipinski definition) is 3. The van der Waals surface area contributed by atoms with E-state index < -0.39 is 0 Å². The van der Waals surface area contributed by atoms with Gasteiger partial charge in [-0.1, -0.05) is 30.7 Å². The standard InChI is InChI=1S/C22H31N5.HI/c1-2-23-22(25-13-16-27-14-6-3-7-15-27)26-18-19-9-8-10-20(17-19)21-11-4-5-12-24-21;/h4-5,8-12,17H,2-3,6-7,13-16,18H2,1H3,(H2,23,25,26);1H. The van der Waals surface area contributed by atoms with E-state index in [-0.39, 0.29) is 24.0 Å². The Bertz CT molecular complexity index is 714. The van der Waals surface area contributed by atoms with Gasteiger partial charge in [0.2, 0.25) is 0 Å². The smallest absolute Gasteiger partial charge is 0.191 e. The van der Waals surface area contributed by atoms with Crippen LogP contribution in [0.3, 0.4) is 0 Å². The third-order valence-electron chi connectivity index (χ3n) is 4.82. The van der Waals surface area contributed by atoms with Crippen molar-refractivity contribution < 1.29 is 0 Å². The first-order valence-corrected chi connectivity index (χ1v) is 10.1. The number of nitrogens with one attached hydrogen (secondary N) is 2. The van der Waals surface area contributed by atoms with E-state index in [2.05, 4.69) is 51.7 Å². The fourth-order valence-electron chi connectivity index (χ4n) is 3.39. The Balaban J connectivity index is 0.00000280. The zero-order valence-corrected chi connectivity index (χ0v) is 19.1. The summed E-state index contributed by atoms with van der Waals surface area (Å²) in [6, 6.07) is 14.5.